The Kier molecular flexibility index (Phi) is 31.3. The molecule has 0 aliphatic heterocycles. The molecule has 782 valence electrons. The van der Waals surface area contributed by atoms with Crippen LogP contribution in [0.5, 0.6) is 0 Å². The molecular weight excluding hydrogens is 1900 g/mol. The van der Waals surface area contributed by atoms with Gasteiger partial charge in [0.15, 0.2) is 0 Å². The molecule has 0 bridgehead atoms. The number of amides is 7. The van der Waals surface area contributed by atoms with Crippen LogP contribution in [0, 0.1) is 0 Å². The van der Waals surface area contributed by atoms with E-state index in [4.69, 9.17) is 0 Å². The Labute approximate surface area is 845 Å². The van der Waals surface area contributed by atoms with Crippen LogP contribution in [0.25, 0.3) is 10.4 Å². The summed E-state index contributed by atoms with van der Waals surface area (Å²) in [6, 6.07) is 0. The Bertz CT molecular complexity index is 5990. The van der Waals surface area contributed by atoms with Crippen molar-refractivity contribution < 1.29 is 33.6 Å². The van der Waals surface area contributed by atoms with Crippen LogP contribution in [0.4, 0.5) is 0 Å². The number of carbonyl (C=O) groups excluding carboxylic acids is 7. The highest BCUT2D eigenvalue weighted by molar-refractivity contribution is 5.80. The van der Waals surface area contributed by atoms with E-state index in [9.17, 15) is 29.5 Å². The zero-order valence-corrected chi connectivity index (χ0v) is 87.5. The molecule has 0 radical (unpaired) electrons. The highest BCUT2D eigenvalue weighted by Gasteiger charge is 2.33. The Morgan fingerprint density at radius 2 is 0.320 bits per heavy atom. The Balaban J connectivity index is 0.699. The second-order valence-electron chi connectivity index (χ2n) is 44.2. The molecule has 0 aliphatic rings. The number of aromatic nitrogens is 42. The van der Waals surface area contributed by atoms with Crippen LogP contribution in [-0.2, 0) is 209 Å². The van der Waals surface area contributed by atoms with Gasteiger partial charge in [-0.3, -0.25) is 33.6 Å². The maximum absolute atomic E-state index is 15.2. The van der Waals surface area contributed by atoms with E-state index in [1.165, 1.54) is 80.0 Å². The number of hydrogen-bond donors (Lipinski definition) is 0. The van der Waals surface area contributed by atoms with Gasteiger partial charge < -0.3 is 34.3 Å². The smallest absolute Gasteiger partial charge is 0.245 e. The van der Waals surface area contributed by atoms with Crippen LogP contribution < -0.4 is 0 Å². The normalized spacial score (nSPS) is 12.4. The molecular formula is C88H128N52O7. The van der Waals surface area contributed by atoms with E-state index in [0.29, 0.717) is 45.6 Å². The average molecular weight is 2030 g/mol. The number of carbonyl (C=O) groups is 7. The molecule has 0 spiro atoms. The van der Waals surface area contributed by atoms with Crippen molar-refractivity contribution in [3.05, 3.63) is 177 Å². The Morgan fingerprint density at radius 1 is 0.204 bits per heavy atom. The first kappa shape index (κ1) is 106. The summed E-state index contributed by atoms with van der Waals surface area (Å²) >= 11 is 0. The largest absolute Gasteiger partial charge is 0.331 e. The average Bonchev–Trinajstić information content (AvgIpc) is 1.71. The zero-order valence-electron chi connectivity index (χ0n) is 87.5. The van der Waals surface area contributed by atoms with E-state index in [1.54, 1.807) is 107 Å². The number of rotatable bonds is 42. The summed E-state index contributed by atoms with van der Waals surface area (Å²) < 4.78 is 21.7. The topological polar surface area (TPSA) is 621 Å². The lowest BCUT2D eigenvalue weighted by molar-refractivity contribution is -0.134. The van der Waals surface area contributed by atoms with E-state index in [0.717, 1.165) is 0 Å². The van der Waals surface area contributed by atoms with Gasteiger partial charge >= 0.3 is 0 Å². The predicted octanol–water partition coefficient (Wildman–Crippen LogP) is 3.22. The number of nitrogens with zero attached hydrogens (tertiary/aromatic N) is 52. The molecule has 0 fully saturated rings. The summed E-state index contributed by atoms with van der Waals surface area (Å²) in [4.78, 5) is 116. The van der Waals surface area contributed by atoms with Crippen LogP contribution in [0.1, 0.15) is 246 Å². The lowest BCUT2D eigenvalue weighted by Gasteiger charge is -2.21. The van der Waals surface area contributed by atoms with Crippen LogP contribution in [0.3, 0.4) is 0 Å². The van der Waals surface area contributed by atoms with Gasteiger partial charge in [0.1, 0.15) is 126 Å². The highest BCUT2D eigenvalue weighted by atomic mass is 16.2. The van der Waals surface area contributed by atoms with Gasteiger partial charge in [0.25, 0.3) is 0 Å². The minimum Gasteiger partial charge on any atom is -0.331 e. The van der Waals surface area contributed by atoms with E-state index < -0.39 is 81.7 Å². The highest BCUT2D eigenvalue weighted by Crippen LogP contribution is 2.26. The van der Waals surface area contributed by atoms with Crippen molar-refractivity contribution in [2.24, 2.45) is 5.11 Å². The minimum absolute atomic E-state index is 0.0580. The van der Waals surface area contributed by atoms with Gasteiger partial charge in [-0.15, -0.1) is 71.4 Å². The van der Waals surface area contributed by atoms with Crippen molar-refractivity contribution in [3.63, 3.8) is 0 Å². The molecule has 0 atom stereocenters. The quantitative estimate of drug-likeness (QED) is 0.0301. The van der Waals surface area contributed by atoms with Gasteiger partial charge in [0.2, 0.25) is 41.4 Å². The minimum atomic E-state index is -0.674. The van der Waals surface area contributed by atoms with Crippen LogP contribution in [0.15, 0.2) is 91.9 Å². The molecule has 0 N–H and O–H groups in total. The summed E-state index contributed by atoms with van der Waals surface area (Å²) in [6.07, 6.45) is 23.3. The van der Waals surface area contributed by atoms with Crippen molar-refractivity contribution in [1.82, 2.24) is 244 Å². The predicted molar refractivity (Wildman–Crippen MR) is 514 cm³/mol. The van der Waals surface area contributed by atoms with Gasteiger partial charge in [-0.25, -0.2) is 65.5 Å². The van der Waals surface area contributed by atoms with E-state index in [-0.39, 0.29) is 176 Å². The molecule has 14 rings (SSSR count). The molecule has 0 aromatic carbocycles. The van der Waals surface area contributed by atoms with Gasteiger partial charge in [0.05, 0.1) is 223 Å². The van der Waals surface area contributed by atoms with Crippen LogP contribution in [0.2, 0.25) is 0 Å². The maximum Gasteiger partial charge on any atom is 0.245 e. The van der Waals surface area contributed by atoms with E-state index >= 15 is 9.59 Å². The SMILES string of the molecule is CC(C)(C)n1cc(CN(Cc2cn(C(C)(C)C)nn2)C(=O)Cn2cc(CN(Cc3cn(CC(=O)N(Cc4cn(C(C)(C)C)nn4)Cc4cn(C(C)(C)C)nn4)nn3)C(=O)Cn3cc(CN(Cc4cn(CC(=O)N(Cc5cn(CC(=O)N(Cc6cn(C(C)(C)C)nn6)Cc6cn(C(C)(C)C)nn6)nn5)Cc5cn(CC(=O)N(Cc6cn(C(C)(C)C)nn6)Cc6cn(C(C)(C)C)nn6)nn5)nn4)C(=O)CN=[N+]=[N-])nn3)nn2)nn1. The summed E-state index contributed by atoms with van der Waals surface area (Å²) in [5.74, 6) is -3.31. The maximum atomic E-state index is 15.2. The van der Waals surface area contributed by atoms with Gasteiger partial charge in [-0.05, 0) is 172 Å². The Hall–Kier alpha value is -16.4. The van der Waals surface area contributed by atoms with Crippen molar-refractivity contribution in [2.75, 3.05) is 6.54 Å². The van der Waals surface area contributed by atoms with Crippen molar-refractivity contribution >= 4 is 41.4 Å². The molecule has 0 saturated heterocycles. The van der Waals surface area contributed by atoms with Gasteiger partial charge in [-0.2, -0.15) is 0 Å². The zero-order chi connectivity index (χ0) is 106. The third-order valence-electron chi connectivity index (χ3n) is 22.8. The molecule has 0 aliphatic carbocycles. The fourth-order valence-electron chi connectivity index (χ4n) is 14.5. The molecule has 14 heterocycles. The van der Waals surface area contributed by atoms with Crippen molar-refractivity contribution in [3.8, 4) is 0 Å². The molecule has 14 aromatic rings. The third-order valence-corrected chi connectivity index (χ3v) is 22.8. The second kappa shape index (κ2) is 43.2. The van der Waals surface area contributed by atoms with Gasteiger partial charge in [-0.1, -0.05) is 78.1 Å². The van der Waals surface area contributed by atoms with Gasteiger partial charge in [0, 0.05) is 4.91 Å². The Morgan fingerprint density at radius 3 is 0.435 bits per heavy atom. The summed E-state index contributed by atoms with van der Waals surface area (Å²) in [7, 11) is 0. The van der Waals surface area contributed by atoms with E-state index in [1.807, 2.05) is 166 Å². The van der Waals surface area contributed by atoms with Crippen molar-refractivity contribution in [1.29, 1.82) is 0 Å². The molecule has 7 amide bonds. The van der Waals surface area contributed by atoms with Crippen LogP contribution in [-0.4, -0.2) is 292 Å². The third kappa shape index (κ3) is 29.0. The first-order chi connectivity index (χ1) is 69.0. The second-order valence-corrected chi connectivity index (χ2v) is 44.2. The van der Waals surface area contributed by atoms with Crippen LogP contribution >= 0.6 is 0 Å². The molecule has 59 heteroatoms. The molecule has 0 unspecified atom stereocenters. The van der Waals surface area contributed by atoms with E-state index in [2.05, 4.69) is 154 Å². The lowest BCUT2D eigenvalue weighted by Crippen LogP contribution is -2.34. The molecule has 147 heavy (non-hydrogen) atoms. The molecule has 59 nitrogen and oxygen atoms in total. The fraction of sp³-hybridized carbons (Fsp3) is 0.602. The number of azide groups is 1. The van der Waals surface area contributed by atoms with Crippen molar-refractivity contribution in [2.45, 2.75) is 341 Å². The summed E-state index contributed by atoms with van der Waals surface area (Å²) in [5, 5.41) is 126. The first-order valence-corrected chi connectivity index (χ1v) is 47.6. The summed E-state index contributed by atoms with van der Waals surface area (Å²) in [5.41, 5.74) is 11.8. The number of hydrogen-bond acceptors (Lipinski definition) is 36. The molecule has 14 aromatic heterocycles. The summed E-state index contributed by atoms with van der Waals surface area (Å²) in [6.45, 7) is 43.9. The first-order valence-electron chi connectivity index (χ1n) is 47.6. The fourth-order valence-corrected chi connectivity index (χ4v) is 14.5. The molecule has 0 saturated carbocycles. The standard InChI is InChI=1S/C88H128N52O7/c1-81(2,3)133-46-66(97-112-133)32-123(33-67-47-134(113-98-67)82(4,5)6)77(144)56-129-42-62(93-108-129)28-121(29-63-43-130(109-94-63)57-78(145)124(34-68-48-135(114-99-68)83(7,8)9)35-69-49-136(115-100-69)84(10,11)12)75(142)54-127-40-60(91-106-127)26-120(74(141)25-90-105-89)27-61-41-128(107-92-61)55-76(143)122(30-64-44-131(110-95-64)58-79(146)125(36-70-50-137(116-101-70)85(13,14)15)37-71-51-138(117-102-71)86(16,17)18)31-65-45-132(111-96-65)59-80(147)126(38-72-52-139(118-103-72)87(19,20)21)39-73-53-140(119-104-73)88(22,23)24/h40-53H,25-39,54-59H2,1-24H3. The lowest BCUT2D eigenvalue weighted by atomic mass is 10.1. The monoisotopic (exact) mass is 2030 g/mol.